The van der Waals surface area contributed by atoms with Crippen molar-refractivity contribution in [2.24, 2.45) is 0 Å². The third kappa shape index (κ3) is 6.21. The number of hydrogen-bond acceptors (Lipinski definition) is 8. The van der Waals surface area contributed by atoms with Crippen molar-refractivity contribution in [3.05, 3.63) is 59.7 Å². The molecule has 0 radical (unpaired) electrons. The maximum atomic E-state index is 11.7. The second-order valence-electron chi connectivity index (χ2n) is 7.34. The molecule has 2 aromatic rings. The third-order valence-corrected chi connectivity index (χ3v) is 6.13. The van der Waals surface area contributed by atoms with E-state index in [0.29, 0.717) is 0 Å². The van der Waals surface area contributed by atoms with Crippen molar-refractivity contribution in [2.75, 3.05) is 13.7 Å². The van der Waals surface area contributed by atoms with Crippen LogP contribution in [0.3, 0.4) is 0 Å². The number of hydrogen-bond donors (Lipinski definition) is 2. The Hall–Kier alpha value is -2.10. The summed E-state index contributed by atoms with van der Waals surface area (Å²) in [5.41, 5.74) is 1.41. The molecule has 0 bridgehead atoms. The van der Waals surface area contributed by atoms with E-state index in [4.69, 9.17) is 18.9 Å². The van der Waals surface area contributed by atoms with Gasteiger partial charge in [-0.25, -0.2) is 0 Å². The SMILES string of the molecule is COc1ccc(CO[C@H]2[C@@H](OC(C)=O)[C@H](O)[C@@H](CO)O[C@@H]2Sc2ccc(C)cc2)cc1. The molecule has 0 aliphatic carbocycles. The molecule has 1 saturated heterocycles. The molecule has 168 valence electrons. The van der Waals surface area contributed by atoms with Crippen LogP contribution in [0.4, 0.5) is 0 Å². The highest BCUT2D eigenvalue weighted by molar-refractivity contribution is 7.99. The molecule has 2 aromatic carbocycles. The van der Waals surface area contributed by atoms with E-state index in [1.54, 1.807) is 7.11 Å². The van der Waals surface area contributed by atoms with Gasteiger partial charge in [-0.2, -0.15) is 0 Å². The van der Waals surface area contributed by atoms with E-state index in [9.17, 15) is 15.0 Å². The minimum atomic E-state index is -1.22. The zero-order chi connectivity index (χ0) is 22.4. The van der Waals surface area contributed by atoms with Crippen molar-refractivity contribution in [3.8, 4) is 5.75 Å². The normalized spacial score (nSPS) is 25.8. The topological polar surface area (TPSA) is 94.5 Å². The van der Waals surface area contributed by atoms with Crippen LogP contribution in [0, 0.1) is 6.92 Å². The summed E-state index contributed by atoms with van der Waals surface area (Å²) in [6.45, 7) is 3.09. The maximum Gasteiger partial charge on any atom is 0.303 e. The summed E-state index contributed by atoms with van der Waals surface area (Å²) in [6.07, 6.45) is -3.85. The van der Waals surface area contributed by atoms with Gasteiger partial charge in [-0.3, -0.25) is 4.79 Å². The van der Waals surface area contributed by atoms with E-state index in [1.807, 2.05) is 55.5 Å². The quantitative estimate of drug-likeness (QED) is 0.596. The Labute approximate surface area is 186 Å². The van der Waals surface area contributed by atoms with Gasteiger partial charge in [0.25, 0.3) is 0 Å². The predicted molar refractivity (Wildman–Crippen MR) is 116 cm³/mol. The lowest BCUT2D eigenvalue weighted by Crippen LogP contribution is -2.59. The number of carbonyl (C=O) groups excluding carboxylic acids is 1. The summed E-state index contributed by atoms with van der Waals surface area (Å²) in [7, 11) is 1.60. The average Bonchev–Trinajstić information content (AvgIpc) is 2.77. The second kappa shape index (κ2) is 11.0. The van der Waals surface area contributed by atoms with E-state index in [0.717, 1.165) is 21.8 Å². The van der Waals surface area contributed by atoms with Gasteiger partial charge in [0.1, 0.15) is 29.5 Å². The molecule has 0 saturated carbocycles. The first kappa shape index (κ1) is 23.6. The average molecular weight is 449 g/mol. The lowest BCUT2D eigenvalue weighted by molar-refractivity contribution is -0.232. The number of aliphatic hydroxyl groups excluding tert-OH is 2. The first-order chi connectivity index (χ1) is 14.9. The minimum absolute atomic E-state index is 0.219. The van der Waals surface area contributed by atoms with Gasteiger partial charge in [-0.1, -0.05) is 41.6 Å². The number of carbonyl (C=O) groups is 1. The molecule has 0 unspecified atom stereocenters. The Balaban J connectivity index is 1.83. The number of thioether (sulfide) groups is 1. The number of benzene rings is 2. The molecular formula is C23H28O7S. The molecule has 1 aliphatic rings. The molecule has 0 aromatic heterocycles. The molecule has 5 atom stereocenters. The number of methoxy groups -OCH3 is 1. The van der Waals surface area contributed by atoms with Crippen molar-refractivity contribution in [1.82, 2.24) is 0 Å². The number of aliphatic hydroxyl groups is 2. The molecule has 0 spiro atoms. The largest absolute Gasteiger partial charge is 0.497 e. The van der Waals surface area contributed by atoms with Gasteiger partial charge in [-0.15, -0.1) is 0 Å². The van der Waals surface area contributed by atoms with Crippen LogP contribution in [0.25, 0.3) is 0 Å². The molecule has 31 heavy (non-hydrogen) atoms. The summed E-state index contributed by atoms with van der Waals surface area (Å²) >= 11 is 1.39. The Morgan fingerprint density at radius 2 is 1.77 bits per heavy atom. The predicted octanol–water partition coefficient (Wildman–Crippen LogP) is 2.69. The maximum absolute atomic E-state index is 11.7. The summed E-state index contributed by atoms with van der Waals surface area (Å²) in [6, 6.07) is 15.3. The number of aryl methyl sites for hydroxylation is 1. The van der Waals surface area contributed by atoms with E-state index in [-0.39, 0.29) is 6.61 Å². The highest BCUT2D eigenvalue weighted by Crippen LogP contribution is 2.36. The summed E-state index contributed by atoms with van der Waals surface area (Å²) in [5, 5.41) is 20.4. The molecule has 1 fully saturated rings. The van der Waals surface area contributed by atoms with Crippen LogP contribution >= 0.6 is 11.8 Å². The Morgan fingerprint density at radius 3 is 2.35 bits per heavy atom. The van der Waals surface area contributed by atoms with Crippen LogP contribution in [0.1, 0.15) is 18.1 Å². The molecule has 2 N–H and O–H groups in total. The minimum Gasteiger partial charge on any atom is -0.497 e. The molecule has 1 aliphatic heterocycles. The van der Waals surface area contributed by atoms with Crippen LogP contribution in [0.2, 0.25) is 0 Å². The van der Waals surface area contributed by atoms with Crippen molar-refractivity contribution in [1.29, 1.82) is 0 Å². The highest BCUT2D eigenvalue weighted by Gasteiger charge is 2.48. The van der Waals surface area contributed by atoms with Gasteiger partial charge in [0, 0.05) is 11.8 Å². The molecule has 1 heterocycles. The fourth-order valence-electron chi connectivity index (χ4n) is 3.30. The Bertz CT molecular complexity index is 840. The van der Waals surface area contributed by atoms with E-state index in [1.165, 1.54) is 18.7 Å². The molecular weight excluding hydrogens is 420 g/mol. The lowest BCUT2D eigenvalue weighted by atomic mass is 9.99. The van der Waals surface area contributed by atoms with Crippen molar-refractivity contribution in [2.45, 2.75) is 55.2 Å². The summed E-state index contributed by atoms with van der Waals surface area (Å²) in [4.78, 5) is 12.7. The lowest BCUT2D eigenvalue weighted by Gasteiger charge is -2.43. The molecule has 8 heteroatoms. The van der Waals surface area contributed by atoms with Gasteiger partial charge < -0.3 is 29.2 Å². The van der Waals surface area contributed by atoms with E-state index in [2.05, 4.69) is 0 Å². The number of rotatable bonds is 8. The summed E-state index contributed by atoms with van der Waals surface area (Å²) in [5.74, 6) is 0.191. The van der Waals surface area contributed by atoms with Crippen molar-refractivity contribution in [3.63, 3.8) is 0 Å². The Morgan fingerprint density at radius 1 is 1.10 bits per heavy atom. The van der Waals surface area contributed by atoms with Crippen LogP contribution in [-0.2, 0) is 25.6 Å². The fraction of sp³-hybridized carbons (Fsp3) is 0.435. The fourth-order valence-corrected chi connectivity index (χ4v) is 4.43. The smallest absolute Gasteiger partial charge is 0.303 e. The number of esters is 1. The van der Waals surface area contributed by atoms with Crippen LogP contribution < -0.4 is 4.74 Å². The first-order valence-corrected chi connectivity index (χ1v) is 10.9. The highest BCUT2D eigenvalue weighted by atomic mass is 32.2. The molecule has 3 rings (SSSR count). The zero-order valence-corrected chi connectivity index (χ0v) is 18.6. The van der Waals surface area contributed by atoms with Crippen LogP contribution in [-0.4, -0.2) is 59.8 Å². The third-order valence-electron chi connectivity index (χ3n) is 4.98. The second-order valence-corrected chi connectivity index (χ2v) is 8.52. The van der Waals surface area contributed by atoms with Gasteiger partial charge in [0.05, 0.1) is 20.3 Å². The van der Waals surface area contributed by atoms with Gasteiger partial charge in [0.15, 0.2) is 6.10 Å². The standard InChI is InChI=1S/C23H28O7S/c1-14-4-10-18(11-5-14)31-23-22(28-13-16-6-8-17(27-3)9-7-16)21(29-15(2)25)20(26)19(12-24)30-23/h4-11,19-24,26H,12-13H2,1-3H3/t19-,20-,21+,22+,23-/m1/s1. The monoisotopic (exact) mass is 448 g/mol. The van der Waals surface area contributed by atoms with E-state index >= 15 is 0 Å². The first-order valence-electron chi connectivity index (χ1n) is 10.0. The number of ether oxygens (including phenoxy) is 4. The molecule has 0 amide bonds. The zero-order valence-electron chi connectivity index (χ0n) is 17.8. The Kier molecular flexibility index (Phi) is 8.34. The van der Waals surface area contributed by atoms with Crippen LogP contribution in [0.15, 0.2) is 53.4 Å². The van der Waals surface area contributed by atoms with Crippen molar-refractivity contribution < 1.29 is 34.0 Å². The van der Waals surface area contributed by atoms with Gasteiger partial charge in [0.2, 0.25) is 0 Å². The van der Waals surface area contributed by atoms with E-state index < -0.39 is 42.4 Å². The van der Waals surface area contributed by atoms with Crippen molar-refractivity contribution >= 4 is 17.7 Å². The summed E-state index contributed by atoms with van der Waals surface area (Å²) < 4.78 is 22.7. The molecule has 7 nitrogen and oxygen atoms in total. The van der Waals surface area contributed by atoms with Gasteiger partial charge in [-0.05, 0) is 36.8 Å². The van der Waals surface area contributed by atoms with Crippen LogP contribution in [0.5, 0.6) is 5.75 Å². The van der Waals surface area contributed by atoms with Gasteiger partial charge >= 0.3 is 5.97 Å².